The first-order valence-corrected chi connectivity index (χ1v) is 11.7. The fraction of sp³-hybridized carbons (Fsp3) is 0.214. The second kappa shape index (κ2) is 12.3. The minimum Gasteiger partial charge on any atom is -0.478 e. The predicted octanol–water partition coefficient (Wildman–Crippen LogP) is 3.26. The number of hydrogen-bond donors (Lipinski definition) is 3. The molecule has 0 spiro atoms. The van der Waals surface area contributed by atoms with Crippen LogP contribution in [0.25, 0.3) is 0 Å². The molecule has 0 saturated heterocycles. The van der Waals surface area contributed by atoms with Crippen LogP contribution in [0.15, 0.2) is 71.7 Å². The van der Waals surface area contributed by atoms with Crippen LogP contribution in [-0.4, -0.2) is 34.8 Å². The van der Waals surface area contributed by atoms with Crippen molar-refractivity contribution >= 4 is 5.91 Å². The number of nitrogens with zero attached hydrogens (tertiary/aromatic N) is 2. The summed E-state index contributed by atoms with van der Waals surface area (Å²) in [4.78, 5) is 27.8. The Kier molecular flexibility index (Phi) is 8.47. The molecule has 2 aromatic carbocycles. The first kappa shape index (κ1) is 25.4. The minimum absolute atomic E-state index is 0.0739. The fourth-order valence-corrected chi connectivity index (χ4v) is 4.00. The van der Waals surface area contributed by atoms with E-state index < -0.39 is 0 Å². The molecule has 2 aromatic heterocycles. The number of amides is 1. The number of aromatic amines is 2. The molecule has 2 heterocycles. The number of nitrogens with one attached hydrogen (secondary N) is 3. The Bertz CT molecular complexity index is 1450. The highest BCUT2D eigenvalue weighted by atomic mass is 16.5. The molecular weight excluding hydrogens is 470 g/mol. The van der Waals surface area contributed by atoms with E-state index in [4.69, 9.17) is 14.7 Å². The Morgan fingerprint density at radius 3 is 2.49 bits per heavy atom. The van der Waals surface area contributed by atoms with Crippen LogP contribution in [-0.2, 0) is 30.7 Å². The molecule has 4 rings (SSSR count). The summed E-state index contributed by atoms with van der Waals surface area (Å²) in [7, 11) is 1.59. The zero-order chi connectivity index (χ0) is 26.0. The fourth-order valence-electron chi connectivity index (χ4n) is 4.00. The molecule has 0 saturated carbocycles. The average Bonchev–Trinajstić information content (AvgIpc) is 3.31. The van der Waals surface area contributed by atoms with Gasteiger partial charge >= 0.3 is 0 Å². The van der Waals surface area contributed by atoms with Gasteiger partial charge in [0.05, 0.1) is 12.3 Å². The molecule has 0 atom stereocenters. The van der Waals surface area contributed by atoms with Gasteiger partial charge in [-0.05, 0) is 23.3 Å². The summed E-state index contributed by atoms with van der Waals surface area (Å²) in [5, 5.41) is 18.9. The molecule has 3 N–H and O–H groups in total. The maximum atomic E-state index is 13.1. The number of carbonyl (C=O) groups is 1. The lowest BCUT2D eigenvalue weighted by Crippen LogP contribution is -2.24. The highest BCUT2D eigenvalue weighted by Gasteiger charge is 2.20. The molecule has 0 radical (unpaired) electrons. The number of nitriles is 1. The lowest BCUT2D eigenvalue weighted by atomic mass is 9.99. The summed E-state index contributed by atoms with van der Waals surface area (Å²) < 4.78 is 10.7. The Morgan fingerprint density at radius 2 is 1.76 bits per heavy atom. The largest absolute Gasteiger partial charge is 0.478 e. The van der Waals surface area contributed by atoms with Crippen LogP contribution in [0.5, 0.6) is 5.75 Å². The van der Waals surface area contributed by atoms with E-state index in [0.717, 1.165) is 27.9 Å². The molecule has 9 heteroatoms. The van der Waals surface area contributed by atoms with Gasteiger partial charge in [0, 0.05) is 49.4 Å². The highest BCUT2D eigenvalue weighted by Crippen LogP contribution is 2.21. The van der Waals surface area contributed by atoms with E-state index in [2.05, 4.69) is 20.5 Å². The van der Waals surface area contributed by atoms with E-state index in [1.165, 1.54) is 0 Å². The van der Waals surface area contributed by atoms with Crippen molar-refractivity contribution in [2.45, 2.75) is 26.0 Å². The van der Waals surface area contributed by atoms with Gasteiger partial charge in [-0.2, -0.15) is 10.4 Å². The van der Waals surface area contributed by atoms with E-state index in [-0.39, 0.29) is 31.2 Å². The van der Waals surface area contributed by atoms with Gasteiger partial charge in [0.2, 0.25) is 0 Å². The molecule has 1 amide bonds. The number of aromatic nitrogens is 3. The SMILES string of the molecule is COCc1[nH]nc(C(=O)NCc2ccccc2OCC#N)c1Cc1ccc(Cc2ccc[nH]c2=O)cc1. The Hall–Kier alpha value is -4.68. The van der Waals surface area contributed by atoms with Crippen LogP contribution in [0.1, 0.15) is 44.0 Å². The van der Waals surface area contributed by atoms with Crippen LogP contribution < -0.4 is 15.6 Å². The predicted molar refractivity (Wildman–Crippen MR) is 137 cm³/mol. The lowest BCUT2D eigenvalue weighted by Gasteiger charge is -2.11. The zero-order valence-corrected chi connectivity index (χ0v) is 20.4. The second-order valence-corrected chi connectivity index (χ2v) is 8.39. The number of rotatable bonds is 11. The maximum absolute atomic E-state index is 13.1. The molecule has 0 aliphatic rings. The van der Waals surface area contributed by atoms with Gasteiger partial charge in [-0.25, -0.2) is 0 Å². The summed E-state index contributed by atoms with van der Waals surface area (Å²) in [5.74, 6) is 0.216. The highest BCUT2D eigenvalue weighted by molar-refractivity contribution is 5.94. The monoisotopic (exact) mass is 497 g/mol. The van der Waals surface area contributed by atoms with Crippen molar-refractivity contribution in [2.75, 3.05) is 13.7 Å². The summed E-state index contributed by atoms with van der Waals surface area (Å²) in [5.41, 5.74) is 5.14. The normalized spacial score (nSPS) is 10.6. The van der Waals surface area contributed by atoms with Gasteiger partial charge in [0.15, 0.2) is 12.3 Å². The number of ether oxygens (including phenoxy) is 2. The quantitative estimate of drug-likeness (QED) is 0.291. The maximum Gasteiger partial charge on any atom is 0.272 e. The summed E-state index contributed by atoms with van der Waals surface area (Å²) in [6, 6.07) is 20.8. The Labute approximate surface area is 214 Å². The van der Waals surface area contributed by atoms with Gasteiger partial charge in [0.25, 0.3) is 11.5 Å². The van der Waals surface area contributed by atoms with Crippen molar-refractivity contribution < 1.29 is 14.3 Å². The minimum atomic E-state index is -0.330. The third kappa shape index (κ3) is 6.51. The molecule has 0 aliphatic heterocycles. The van der Waals surface area contributed by atoms with Crippen molar-refractivity contribution in [3.63, 3.8) is 0 Å². The summed E-state index contributed by atoms with van der Waals surface area (Å²) in [6.45, 7) is 0.435. The third-order valence-electron chi connectivity index (χ3n) is 5.86. The van der Waals surface area contributed by atoms with Crippen LogP contribution in [0.4, 0.5) is 0 Å². The molecule has 4 aromatic rings. The second-order valence-electron chi connectivity index (χ2n) is 8.39. The molecule has 0 bridgehead atoms. The molecule has 37 heavy (non-hydrogen) atoms. The number of methoxy groups -OCH3 is 1. The number of para-hydroxylation sites is 1. The van der Waals surface area contributed by atoms with Gasteiger partial charge in [-0.3, -0.25) is 14.7 Å². The Balaban J connectivity index is 1.48. The number of benzene rings is 2. The van der Waals surface area contributed by atoms with Crippen molar-refractivity contribution in [3.05, 3.63) is 116 Å². The van der Waals surface area contributed by atoms with Gasteiger partial charge in [0.1, 0.15) is 11.8 Å². The standard InChI is InChI=1S/C28H27N5O4/c1-36-18-24-23(16-20-10-8-19(9-11-20)15-21-6-4-13-30-27(21)34)26(33-32-24)28(35)31-17-22-5-2-3-7-25(22)37-14-12-29/h2-11,13H,14-18H2,1H3,(H,30,34)(H,31,35)(H,32,33). The third-order valence-corrected chi connectivity index (χ3v) is 5.86. The summed E-state index contributed by atoms with van der Waals surface area (Å²) >= 11 is 0. The number of hydrogen-bond acceptors (Lipinski definition) is 6. The first-order valence-electron chi connectivity index (χ1n) is 11.7. The van der Waals surface area contributed by atoms with Crippen LogP contribution in [0.2, 0.25) is 0 Å². The number of pyridine rings is 1. The average molecular weight is 498 g/mol. The molecule has 0 unspecified atom stereocenters. The van der Waals surface area contributed by atoms with Crippen LogP contribution in [0, 0.1) is 11.3 Å². The van der Waals surface area contributed by atoms with E-state index in [0.29, 0.717) is 29.8 Å². The Morgan fingerprint density at radius 1 is 1.03 bits per heavy atom. The van der Waals surface area contributed by atoms with E-state index in [1.54, 1.807) is 19.4 Å². The van der Waals surface area contributed by atoms with Crippen molar-refractivity contribution in [3.8, 4) is 11.8 Å². The molecule has 0 fully saturated rings. The number of carbonyl (C=O) groups excluding carboxylic acids is 1. The summed E-state index contributed by atoms with van der Waals surface area (Å²) in [6.07, 6.45) is 2.63. The van der Waals surface area contributed by atoms with Crippen LogP contribution in [0.3, 0.4) is 0 Å². The van der Waals surface area contributed by atoms with Gasteiger partial charge in [-0.15, -0.1) is 0 Å². The number of H-pyrrole nitrogens is 2. The van der Waals surface area contributed by atoms with Crippen molar-refractivity contribution in [2.24, 2.45) is 0 Å². The van der Waals surface area contributed by atoms with Crippen LogP contribution >= 0.6 is 0 Å². The topological polar surface area (TPSA) is 133 Å². The smallest absolute Gasteiger partial charge is 0.272 e. The zero-order valence-electron chi connectivity index (χ0n) is 20.4. The lowest BCUT2D eigenvalue weighted by molar-refractivity contribution is 0.0944. The molecule has 188 valence electrons. The van der Waals surface area contributed by atoms with Crippen molar-refractivity contribution in [1.29, 1.82) is 5.26 Å². The first-order chi connectivity index (χ1) is 18.1. The van der Waals surface area contributed by atoms with E-state index >= 15 is 0 Å². The van der Waals surface area contributed by atoms with E-state index in [1.807, 2.05) is 60.7 Å². The molecular formula is C28H27N5O4. The molecule has 9 nitrogen and oxygen atoms in total. The molecule has 0 aliphatic carbocycles. The van der Waals surface area contributed by atoms with Crippen molar-refractivity contribution in [1.82, 2.24) is 20.5 Å². The van der Waals surface area contributed by atoms with Gasteiger partial charge < -0.3 is 19.8 Å². The van der Waals surface area contributed by atoms with Gasteiger partial charge in [-0.1, -0.05) is 48.5 Å². The van der Waals surface area contributed by atoms with E-state index in [9.17, 15) is 9.59 Å².